The second kappa shape index (κ2) is 10.3. The van der Waals surface area contributed by atoms with Crippen molar-refractivity contribution in [2.75, 3.05) is 6.61 Å². The van der Waals surface area contributed by atoms with Crippen LogP contribution in [0, 0.1) is 10.1 Å². The van der Waals surface area contributed by atoms with E-state index in [1.807, 2.05) is 6.92 Å². The Labute approximate surface area is 152 Å². The third kappa shape index (κ3) is 7.51. The Morgan fingerprint density at radius 3 is 2.38 bits per heavy atom. The molecule has 9 nitrogen and oxygen atoms in total. The van der Waals surface area contributed by atoms with Gasteiger partial charge >= 0.3 is 13.7 Å². The van der Waals surface area contributed by atoms with E-state index in [2.05, 4.69) is 5.09 Å². The summed E-state index contributed by atoms with van der Waals surface area (Å²) in [5.41, 5.74) is -0.124. The van der Waals surface area contributed by atoms with Gasteiger partial charge in [0.15, 0.2) is 0 Å². The van der Waals surface area contributed by atoms with Crippen LogP contribution in [0.25, 0.3) is 0 Å². The van der Waals surface area contributed by atoms with Crippen molar-refractivity contribution in [3.05, 3.63) is 34.4 Å². The van der Waals surface area contributed by atoms with Gasteiger partial charge < -0.3 is 9.26 Å². The molecule has 0 spiro atoms. The number of nitrogens with zero attached hydrogens (tertiary/aromatic N) is 1. The fraction of sp³-hybridized carbons (Fsp3) is 0.562. The van der Waals surface area contributed by atoms with Gasteiger partial charge in [0, 0.05) is 12.1 Å². The van der Waals surface area contributed by atoms with Crippen molar-refractivity contribution in [2.45, 2.75) is 52.7 Å². The van der Waals surface area contributed by atoms with Crippen molar-refractivity contribution in [3.8, 4) is 5.75 Å². The van der Waals surface area contributed by atoms with E-state index in [9.17, 15) is 19.5 Å². The van der Waals surface area contributed by atoms with Gasteiger partial charge in [0.2, 0.25) is 0 Å². The molecule has 0 heterocycles. The summed E-state index contributed by atoms with van der Waals surface area (Å²) >= 11 is 0. The molecule has 1 N–H and O–H groups in total. The second-order valence-electron chi connectivity index (χ2n) is 5.86. The Morgan fingerprint density at radius 2 is 1.88 bits per heavy atom. The molecule has 0 aliphatic heterocycles. The third-order valence-electron chi connectivity index (χ3n) is 3.09. The average Bonchev–Trinajstić information content (AvgIpc) is 2.54. The Hall–Kier alpha value is -1.96. The fourth-order valence-electron chi connectivity index (χ4n) is 1.81. The Balaban J connectivity index is 2.89. The summed E-state index contributed by atoms with van der Waals surface area (Å²) in [6.45, 7) is 7.01. The minimum atomic E-state index is -3.88. The van der Waals surface area contributed by atoms with Crippen molar-refractivity contribution in [3.63, 3.8) is 0 Å². The molecular weight excluding hydrogens is 363 g/mol. The summed E-state index contributed by atoms with van der Waals surface area (Å²) in [6.07, 6.45) is 1.16. The molecule has 1 aromatic carbocycles. The van der Waals surface area contributed by atoms with Gasteiger partial charge in [-0.1, -0.05) is 13.3 Å². The Kier molecular flexibility index (Phi) is 8.71. The summed E-state index contributed by atoms with van der Waals surface area (Å²) < 4.78 is 28.8. The van der Waals surface area contributed by atoms with Crippen molar-refractivity contribution >= 4 is 19.4 Å². The molecule has 1 rings (SSSR count). The summed E-state index contributed by atoms with van der Waals surface area (Å²) in [4.78, 5) is 22.1. The second-order valence-corrected chi connectivity index (χ2v) is 7.56. The van der Waals surface area contributed by atoms with E-state index in [1.54, 1.807) is 13.8 Å². The van der Waals surface area contributed by atoms with Gasteiger partial charge in [0.05, 0.1) is 17.6 Å². The topological polar surface area (TPSA) is 117 Å². The first kappa shape index (κ1) is 22.1. The van der Waals surface area contributed by atoms with Crippen LogP contribution in [0.4, 0.5) is 5.69 Å². The predicted octanol–water partition coefficient (Wildman–Crippen LogP) is 3.83. The molecule has 0 amide bonds. The summed E-state index contributed by atoms with van der Waals surface area (Å²) in [5.74, 6) is -0.473. The van der Waals surface area contributed by atoms with Crippen LogP contribution >= 0.6 is 7.75 Å². The molecule has 0 saturated heterocycles. The SMILES string of the molecule is CCCCOP(=O)(N[C@@H](C)C(=O)OC(C)C)Oc1ccc([N+](=O)[O-])cc1. The quantitative estimate of drug-likeness (QED) is 0.200. The number of hydrogen-bond donors (Lipinski definition) is 1. The van der Waals surface area contributed by atoms with Crippen molar-refractivity contribution in [1.82, 2.24) is 5.09 Å². The van der Waals surface area contributed by atoms with Gasteiger partial charge in [0.1, 0.15) is 11.8 Å². The number of rotatable bonds is 11. The molecular formula is C16H25N2O7P. The molecule has 146 valence electrons. The first-order valence-electron chi connectivity index (χ1n) is 8.33. The zero-order chi connectivity index (χ0) is 19.7. The number of carbonyl (C=O) groups excluding carboxylic acids is 1. The van der Waals surface area contributed by atoms with Gasteiger partial charge in [-0.05, 0) is 39.3 Å². The lowest BCUT2D eigenvalue weighted by molar-refractivity contribution is -0.384. The van der Waals surface area contributed by atoms with E-state index in [0.29, 0.717) is 6.42 Å². The van der Waals surface area contributed by atoms with Crippen LogP contribution in [0.1, 0.15) is 40.5 Å². The number of ether oxygens (including phenoxy) is 1. The summed E-state index contributed by atoms with van der Waals surface area (Å²) in [7, 11) is -3.88. The number of carbonyl (C=O) groups is 1. The maximum Gasteiger partial charge on any atom is 0.459 e. The molecule has 0 bridgehead atoms. The van der Waals surface area contributed by atoms with Gasteiger partial charge in [-0.2, -0.15) is 5.09 Å². The molecule has 1 unspecified atom stereocenters. The highest BCUT2D eigenvalue weighted by Gasteiger charge is 2.32. The molecule has 0 fully saturated rings. The summed E-state index contributed by atoms with van der Waals surface area (Å²) in [6, 6.07) is 4.15. The number of nitrogens with one attached hydrogen (secondary N) is 1. The highest BCUT2D eigenvalue weighted by molar-refractivity contribution is 7.52. The Morgan fingerprint density at radius 1 is 1.27 bits per heavy atom. The highest BCUT2D eigenvalue weighted by atomic mass is 31.2. The first-order chi connectivity index (χ1) is 12.2. The lowest BCUT2D eigenvalue weighted by Gasteiger charge is -2.23. The van der Waals surface area contributed by atoms with E-state index < -0.39 is 24.7 Å². The minimum absolute atomic E-state index is 0.118. The minimum Gasteiger partial charge on any atom is -0.462 e. The third-order valence-corrected chi connectivity index (χ3v) is 4.77. The molecule has 0 radical (unpaired) electrons. The van der Waals surface area contributed by atoms with Crippen LogP contribution in [-0.2, 0) is 18.6 Å². The number of hydrogen-bond acceptors (Lipinski definition) is 7. The normalized spacial score (nSPS) is 14.5. The first-order valence-corrected chi connectivity index (χ1v) is 9.88. The highest BCUT2D eigenvalue weighted by Crippen LogP contribution is 2.45. The molecule has 0 aromatic heterocycles. The van der Waals surface area contributed by atoms with Crippen LogP contribution in [0.5, 0.6) is 5.75 Å². The van der Waals surface area contributed by atoms with Crippen LogP contribution in [0.2, 0.25) is 0 Å². The van der Waals surface area contributed by atoms with Gasteiger partial charge in [0.25, 0.3) is 5.69 Å². The fourth-order valence-corrected chi connectivity index (χ4v) is 3.34. The van der Waals surface area contributed by atoms with E-state index in [4.69, 9.17) is 13.8 Å². The molecule has 26 heavy (non-hydrogen) atoms. The monoisotopic (exact) mass is 388 g/mol. The Bertz CT molecular complexity index is 649. The van der Waals surface area contributed by atoms with Crippen LogP contribution in [0.15, 0.2) is 24.3 Å². The van der Waals surface area contributed by atoms with E-state index in [1.165, 1.54) is 31.2 Å². The number of nitro groups is 1. The van der Waals surface area contributed by atoms with Crippen molar-refractivity contribution < 1.29 is 28.1 Å². The van der Waals surface area contributed by atoms with E-state index in [-0.39, 0.29) is 24.1 Å². The van der Waals surface area contributed by atoms with Crippen molar-refractivity contribution in [2.24, 2.45) is 0 Å². The molecule has 1 aromatic rings. The van der Waals surface area contributed by atoms with E-state index in [0.717, 1.165) is 6.42 Å². The molecule has 10 heteroatoms. The number of nitro benzene ring substituents is 1. The van der Waals surface area contributed by atoms with Crippen LogP contribution in [-0.4, -0.2) is 29.6 Å². The number of benzene rings is 1. The number of non-ortho nitro benzene ring substituents is 1. The van der Waals surface area contributed by atoms with Gasteiger partial charge in [-0.25, -0.2) is 4.57 Å². The summed E-state index contributed by atoms with van der Waals surface area (Å²) in [5, 5.41) is 13.2. The molecule has 0 saturated carbocycles. The maximum atomic E-state index is 13.0. The molecule has 0 aliphatic rings. The predicted molar refractivity (Wildman–Crippen MR) is 96.0 cm³/mol. The average molecular weight is 388 g/mol. The van der Waals surface area contributed by atoms with Crippen LogP contribution < -0.4 is 9.61 Å². The van der Waals surface area contributed by atoms with Gasteiger partial charge in [-0.3, -0.25) is 19.4 Å². The van der Waals surface area contributed by atoms with Gasteiger partial charge in [-0.15, -0.1) is 0 Å². The maximum absolute atomic E-state index is 13.0. The smallest absolute Gasteiger partial charge is 0.459 e. The number of esters is 1. The zero-order valence-electron chi connectivity index (χ0n) is 15.3. The standard InChI is InChI=1S/C16H25N2O7P/c1-5-6-11-23-26(22,17-13(4)16(19)24-12(2)3)25-15-9-7-14(8-10-15)18(20)21/h7-10,12-13H,5-6,11H2,1-4H3,(H,17,22)/t13-,26?/m0/s1. The van der Waals surface area contributed by atoms with Crippen LogP contribution in [0.3, 0.4) is 0 Å². The lowest BCUT2D eigenvalue weighted by Crippen LogP contribution is -2.36. The number of unbranched alkanes of at least 4 members (excludes halogenated alkanes) is 1. The van der Waals surface area contributed by atoms with E-state index >= 15 is 0 Å². The van der Waals surface area contributed by atoms with Crippen molar-refractivity contribution in [1.29, 1.82) is 0 Å². The largest absolute Gasteiger partial charge is 0.462 e. The lowest BCUT2D eigenvalue weighted by atomic mass is 10.3. The zero-order valence-corrected chi connectivity index (χ0v) is 16.2. The molecule has 0 aliphatic carbocycles. The molecule has 2 atom stereocenters.